The number of piperidine rings is 1. The monoisotopic (exact) mass is 364 g/mol. The van der Waals surface area contributed by atoms with E-state index in [1.54, 1.807) is 23.2 Å². The van der Waals surface area contributed by atoms with Crippen molar-refractivity contribution in [3.05, 3.63) is 18.3 Å². The van der Waals surface area contributed by atoms with E-state index in [0.29, 0.717) is 31.2 Å². The van der Waals surface area contributed by atoms with Gasteiger partial charge < -0.3 is 25.0 Å². The van der Waals surface area contributed by atoms with Crippen molar-refractivity contribution in [2.75, 3.05) is 32.1 Å². The van der Waals surface area contributed by atoms with E-state index in [-0.39, 0.29) is 11.9 Å². The minimum atomic E-state index is -0.522. The van der Waals surface area contributed by atoms with Crippen molar-refractivity contribution in [1.82, 2.24) is 15.2 Å². The third-order valence-corrected chi connectivity index (χ3v) is 3.95. The zero-order chi connectivity index (χ0) is 19.2. The smallest absolute Gasteiger partial charge is 0.407 e. The molecule has 0 unspecified atom stereocenters. The average Bonchev–Trinajstić information content (AvgIpc) is 2.59. The molecule has 0 spiro atoms. The highest BCUT2D eigenvalue weighted by molar-refractivity contribution is 5.90. The van der Waals surface area contributed by atoms with E-state index in [2.05, 4.69) is 15.6 Å². The van der Waals surface area contributed by atoms with Crippen LogP contribution in [0.15, 0.2) is 18.3 Å². The van der Waals surface area contributed by atoms with Crippen LogP contribution in [0.1, 0.15) is 33.6 Å². The van der Waals surface area contributed by atoms with Crippen molar-refractivity contribution in [1.29, 1.82) is 0 Å². The first-order chi connectivity index (χ1) is 12.3. The minimum absolute atomic E-state index is 0.192. The van der Waals surface area contributed by atoms with Gasteiger partial charge in [-0.25, -0.2) is 14.6 Å². The number of hydrogen-bond donors (Lipinski definition) is 2. The Kier molecular flexibility index (Phi) is 6.65. The van der Waals surface area contributed by atoms with Gasteiger partial charge in [-0.2, -0.15) is 0 Å². The topological polar surface area (TPSA) is 92.8 Å². The number of hydrogen-bond acceptors (Lipinski definition) is 5. The number of amides is 3. The molecule has 3 amide bonds. The van der Waals surface area contributed by atoms with Gasteiger partial charge in [0.2, 0.25) is 5.88 Å². The van der Waals surface area contributed by atoms with Gasteiger partial charge in [-0.3, -0.25) is 0 Å². The van der Waals surface area contributed by atoms with Crippen LogP contribution >= 0.6 is 0 Å². The Morgan fingerprint density at radius 2 is 2.15 bits per heavy atom. The quantitative estimate of drug-likeness (QED) is 0.857. The zero-order valence-corrected chi connectivity index (χ0v) is 15.9. The van der Waals surface area contributed by atoms with Crippen molar-refractivity contribution in [2.24, 2.45) is 5.92 Å². The summed E-state index contributed by atoms with van der Waals surface area (Å²) in [4.78, 5) is 30.1. The first-order valence-electron chi connectivity index (χ1n) is 8.80. The van der Waals surface area contributed by atoms with Crippen molar-refractivity contribution in [3.8, 4) is 5.88 Å². The van der Waals surface area contributed by atoms with E-state index in [1.165, 1.54) is 7.11 Å². The largest absolute Gasteiger partial charge is 0.480 e. The third kappa shape index (κ3) is 6.09. The van der Waals surface area contributed by atoms with Gasteiger partial charge in [0.25, 0.3) is 0 Å². The average molecular weight is 364 g/mol. The van der Waals surface area contributed by atoms with Gasteiger partial charge in [0.1, 0.15) is 11.3 Å². The number of carbonyl (C=O) groups is 2. The van der Waals surface area contributed by atoms with Crippen LogP contribution < -0.4 is 15.4 Å². The van der Waals surface area contributed by atoms with E-state index in [0.717, 1.165) is 12.8 Å². The normalized spacial score (nSPS) is 17.4. The molecule has 1 aromatic heterocycles. The number of urea groups is 1. The van der Waals surface area contributed by atoms with Gasteiger partial charge in [0.15, 0.2) is 0 Å². The van der Waals surface area contributed by atoms with Crippen LogP contribution in [-0.4, -0.2) is 54.4 Å². The summed E-state index contributed by atoms with van der Waals surface area (Å²) in [5.41, 5.74) is 0.0136. The van der Waals surface area contributed by atoms with E-state index < -0.39 is 11.7 Å². The second-order valence-electron chi connectivity index (χ2n) is 7.33. The number of alkyl carbamates (subject to hydrolysis) is 1. The molecule has 0 radical (unpaired) electrons. The third-order valence-electron chi connectivity index (χ3n) is 3.95. The maximum atomic E-state index is 12.5. The standard InChI is InChI=1S/C18H28N4O4/c1-18(2,3)26-17(24)20-11-13-7-6-10-22(12-13)16(23)21-14-8-5-9-19-15(14)25-4/h5,8-9,13H,6-7,10-12H2,1-4H3,(H,20,24)(H,21,23)/t13-/m0/s1. The number of likely N-dealkylation sites (tertiary alicyclic amines) is 1. The molecule has 8 heteroatoms. The van der Waals surface area contributed by atoms with Crippen LogP contribution in [0.25, 0.3) is 0 Å². The molecule has 0 bridgehead atoms. The highest BCUT2D eigenvalue weighted by atomic mass is 16.6. The molecule has 144 valence electrons. The summed E-state index contributed by atoms with van der Waals surface area (Å²) in [7, 11) is 1.51. The molecule has 1 aliphatic rings. The second kappa shape index (κ2) is 8.73. The lowest BCUT2D eigenvalue weighted by Gasteiger charge is -2.33. The molecule has 26 heavy (non-hydrogen) atoms. The molecule has 0 saturated carbocycles. The summed E-state index contributed by atoms with van der Waals surface area (Å²) in [6.45, 7) is 7.21. The van der Waals surface area contributed by atoms with Crippen molar-refractivity contribution in [3.63, 3.8) is 0 Å². The Balaban J connectivity index is 1.85. The Bertz CT molecular complexity index is 630. The molecular weight excluding hydrogens is 336 g/mol. The van der Waals surface area contributed by atoms with E-state index in [1.807, 2.05) is 20.8 Å². The summed E-state index contributed by atoms with van der Waals surface area (Å²) in [5, 5.41) is 5.62. The van der Waals surface area contributed by atoms with Crippen LogP contribution in [0.4, 0.5) is 15.3 Å². The molecular formula is C18H28N4O4. The molecule has 1 saturated heterocycles. The lowest BCUT2D eigenvalue weighted by Crippen LogP contribution is -2.45. The van der Waals surface area contributed by atoms with Crippen LogP contribution in [-0.2, 0) is 4.74 Å². The number of anilines is 1. The number of ether oxygens (including phenoxy) is 2. The van der Waals surface area contributed by atoms with Crippen LogP contribution in [0.2, 0.25) is 0 Å². The zero-order valence-electron chi connectivity index (χ0n) is 15.9. The SMILES string of the molecule is COc1ncccc1NC(=O)N1CCC[C@@H](CNC(=O)OC(C)(C)C)C1. The van der Waals surface area contributed by atoms with Gasteiger partial charge in [-0.1, -0.05) is 0 Å². The summed E-state index contributed by atoms with van der Waals surface area (Å²) >= 11 is 0. The maximum Gasteiger partial charge on any atom is 0.407 e. The van der Waals surface area contributed by atoms with E-state index >= 15 is 0 Å². The molecule has 1 fully saturated rings. The summed E-state index contributed by atoms with van der Waals surface area (Å²) in [5.74, 6) is 0.568. The second-order valence-corrected chi connectivity index (χ2v) is 7.33. The summed E-state index contributed by atoms with van der Waals surface area (Å²) < 4.78 is 10.4. The predicted molar refractivity (Wildman–Crippen MR) is 98.3 cm³/mol. The predicted octanol–water partition coefficient (Wildman–Crippen LogP) is 2.86. The molecule has 0 aliphatic carbocycles. The molecule has 1 aromatic rings. The fourth-order valence-electron chi connectivity index (χ4n) is 2.80. The van der Waals surface area contributed by atoms with Crippen molar-refractivity contribution < 1.29 is 19.1 Å². The number of methoxy groups -OCH3 is 1. The Morgan fingerprint density at radius 3 is 2.85 bits per heavy atom. The highest BCUT2D eigenvalue weighted by Crippen LogP contribution is 2.22. The van der Waals surface area contributed by atoms with Crippen LogP contribution in [0, 0.1) is 5.92 Å². The Morgan fingerprint density at radius 1 is 1.38 bits per heavy atom. The molecule has 2 N–H and O–H groups in total. The van der Waals surface area contributed by atoms with E-state index in [4.69, 9.17) is 9.47 Å². The van der Waals surface area contributed by atoms with Gasteiger partial charge >= 0.3 is 12.1 Å². The summed E-state index contributed by atoms with van der Waals surface area (Å²) in [6, 6.07) is 3.29. The van der Waals surface area contributed by atoms with Crippen LogP contribution in [0.3, 0.4) is 0 Å². The first kappa shape index (κ1) is 19.8. The molecule has 8 nitrogen and oxygen atoms in total. The fourth-order valence-corrected chi connectivity index (χ4v) is 2.80. The molecule has 2 heterocycles. The number of carbonyl (C=O) groups excluding carboxylic acids is 2. The Hall–Kier alpha value is -2.51. The number of pyridine rings is 1. The van der Waals surface area contributed by atoms with Crippen LogP contribution in [0.5, 0.6) is 5.88 Å². The molecule has 1 atom stereocenters. The minimum Gasteiger partial charge on any atom is -0.480 e. The maximum absolute atomic E-state index is 12.5. The molecule has 2 rings (SSSR count). The number of nitrogens with zero attached hydrogens (tertiary/aromatic N) is 2. The van der Waals surface area contributed by atoms with Crippen molar-refractivity contribution in [2.45, 2.75) is 39.2 Å². The number of nitrogens with one attached hydrogen (secondary N) is 2. The van der Waals surface area contributed by atoms with Crippen molar-refractivity contribution >= 4 is 17.8 Å². The van der Waals surface area contributed by atoms with Gasteiger partial charge in [0.05, 0.1) is 7.11 Å². The summed E-state index contributed by atoms with van der Waals surface area (Å²) in [6.07, 6.45) is 3.01. The van der Waals surface area contributed by atoms with E-state index in [9.17, 15) is 9.59 Å². The number of aromatic nitrogens is 1. The van der Waals surface area contributed by atoms with Gasteiger partial charge in [-0.15, -0.1) is 0 Å². The van der Waals surface area contributed by atoms with Gasteiger partial charge in [0, 0.05) is 25.8 Å². The number of rotatable bonds is 4. The molecule has 1 aliphatic heterocycles. The molecule has 0 aromatic carbocycles. The first-order valence-corrected chi connectivity index (χ1v) is 8.80. The van der Waals surface area contributed by atoms with Gasteiger partial charge in [-0.05, 0) is 51.7 Å². The fraction of sp³-hybridized carbons (Fsp3) is 0.611. The Labute approximate surface area is 154 Å². The lowest BCUT2D eigenvalue weighted by molar-refractivity contribution is 0.0512. The lowest BCUT2D eigenvalue weighted by atomic mass is 9.98. The highest BCUT2D eigenvalue weighted by Gasteiger charge is 2.25.